The lowest BCUT2D eigenvalue weighted by atomic mass is 10.1. The highest BCUT2D eigenvalue weighted by Gasteiger charge is 2.32. The molecular weight excluding hydrogens is 266 g/mol. The van der Waals surface area contributed by atoms with E-state index in [1.807, 2.05) is 18.7 Å². The monoisotopic (exact) mass is 291 g/mol. The number of carbonyl (C=O) groups excluding carboxylic acids is 1. The number of fused-ring (bicyclic) bond motifs is 1. The average Bonchev–Trinajstić information content (AvgIpc) is 2.99. The minimum Gasteiger partial charge on any atom is -0.395 e. The van der Waals surface area contributed by atoms with Gasteiger partial charge in [0.15, 0.2) is 5.69 Å². The fourth-order valence-corrected chi connectivity index (χ4v) is 3.51. The van der Waals surface area contributed by atoms with Crippen LogP contribution in [0.2, 0.25) is 0 Å². The Morgan fingerprint density at radius 2 is 2.10 bits per heavy atom. The SMILES string of the molecule is CC(C)c1[nH]nc(C(=O)N2CCCN3CCCC3C2)c1N. The maximum absolute atomic E-state index is 12.7. The Morgan fingerprint density at radius 1 is 1.33 bits per heavy atom. The lowest BCUT2D eigenvalue weighted by Gasteiger charge is -2.25. The van der Waals surface area contributed by atoms with Gasteiger partial charge in [-0.15, -0.1) is 0 Å². The molecule has 0 radical (unpaired) electrons. The lowest BCUT2D eigenvalue weighted by molar-refractivity contribution is 0.0738. The molecule has 3 N–H and O–H groups in total. The summed E-state index contributed by atoms with van der Waals surface area (Å²) < 4.78 is 0. The summed E-state index contributed by atoms with van der Waals surface area (Å²) in [6, 6.07) is 0.515. The van der Waals surface area contributed by atoms with Crippen LogP contribution in [-0.2, 0) is 0 Å². The molecule has 3 heterocycles. The maximum Gasteiger partial charge on any atom is 0.276 e. The van der Waals surface area contributed by atoms with Crippen LogP contribution in [0.1, 0.15) is 55.2 Å². The summed E-state index contributed by atoms with van der Waals surface area (Å²) in [4.78, 5) is 17.2. The van der Waals surface area contributed by atoms with Crippen LogP contribution in [0.25, 0.3) is 0 Å². The molecule has 2 fully saturated rings. The molecule has 6 heteroatoms. The number of aromatic amines is 1. The number of nitrogens with two attached hydrogens (primary N) is 1. The Balaban J connectivity index is 1.78. The van der Waals surface area contributed by atoms with Crippen LogP contribution in [0.15, 0.2) is 0 Å². The number of hydrogen-bond acceptors (Lipinski definition) is 4. The first-order chi connectivity index (χ1) is 10.1. The Bertz CT molecular complexity index is 524. The van der Waals surface area contributed by atoms with Crippen molar-refractivity contribution in [3.8, 4) is 0 Å². The van der Waals surface area contributed by atoms with Crippen molar-refractivity contribution in [2.75, 3.05) is 31.9 Å². The molecule has 1 aromatic rings. The first-order valence-corrected chi connectivity index (χ1v) is 7.95. The van der Waals surface area contributed by atoms with E-state index in [0.717, 1.165) is 31.7 Å². The van der Waals surface area contributed by atoms with E-state index in [2.05, 4.69) is 15.1 Å². The highest BCUT2D eigenvalue weighted by atomic mass is 16.2. The molecule has 0 aromatic carbocycles. The molecule has 6 nitrogen and oxygen atoms in total. The number of nitrogens with one attached hydrogen (secondary N) is 1. The van der Waals surface area contributed by atoms with E-state index in [4.69, 9.17) is 5.73 Å². The molecule has 1 atom stereocenters. The Hall–Kier alpha value is -1.56. The van der Waals surface area contributed by atoms with Crippen molar-refractivity contribution in [1.82, 2.24) is 20.0 Å². The largest absolute Gasteiger partial charge is 0.395 e. The molecule has 2 saturated heterocycles. The number of aromatic nitrogens is 2. The quantitative estimate of drug-likeness (QED) is 0.864. The molecule has 1 amide bonds. The van der Waals surface area contributed by atoms with E-state index in [1.165, 1.54) is 19.4 Å². The van der Waals surface area contributed by atoms with Crippen LogP contribution in [-0.4, -0.2) is 58.1 Å². The third-order valence-corrected chi connectivity index (χ3v) is 4.70. The zero-order valence-electron chi connectivity index (χ0n) is 12.9. The van der Waals surface area contributed by atoms with Gasteiger partial charge in [0.05, 0.1) is 11.4 Å². The molecule has 0 spiro atoms. The van der Waals surface area contributed by atoms with Gasteiger partial charge in [-0.25, -0.2) is 0 Å². The summed E-state index contributed by atoms with van der Waals surface area (Å²) in [5.41, 5.74) is 7.87. The Labute approximate surface area is 125 Å². The van der Waals surface area contributed by atoms with E-state index < -0.39 is 0 Å². The molecular formula is C15H25N5O. The Kier molecular flexibility index (Phi) is 3.89. The summed E-state index contributed by atoms with van der Waals surface area (Å²) in [6.07, 6.45) is 3.47. The van der Waals surface area contributed by atoms with Crippen molar-refractivity contribution in [1.29, 1.82) is 0 Å². The molecule has 116 valence electrons. The number of anilines is 1. The van der Waals surface area contributed by atoms with E-state index in [-0.39, 0.29) is 11.8 Å². The number of nitrogen functional groups attached to an aromatic ring is 1. The van der Waals surface area contributed by atoms with Gasteiger partial charge in [0, 0.05) is 25.7 Å². The predicted octanol–water partition coefficient (Wildman–Crippen LogP) is 1.43. The third kappa shape index (κ3) is 2.64. The van der Waals surface area contributed by atoms with Crippen molar-refractivity contribution in [2.24, 2.45) is 0 Å². The van der Waals surface area contributed by atoms with Crippen LogP contribution in [0.4, 0.5) is 5.69 Å². The summed E-state index contributed by atoms with van der Waals surface area (Å²) in [5.74, 6) is 0.220. The van der Waals surface area contributed by atoms with Crippen LogP contribution < -0.4 is 5.73 Å². The second-order valence-electron chi connectivity index (χ2n) is 6.49. The number of nitrogens with zero attached hydrogens (tertiary/aromatic N) is 3. The van der Waals surface area contributed by atoms with Crippen LogP contribution in [0.3, 0.4) is 0 Å². The fraction of sp³-hybridized carbons (Fsp3) is 0.733. The topological polar surface area (TPSA) is 78.2 Å². The highest BCUT2D eigenvalue weighted by molar-refractivity contribution is 5.97. The Morgan fingerprint density at radius 3 is 2.81 bits per heavy atom. The molecule has 1 aromatic heterocycles. The van der Waals surface area contributed by atoms with Gasteiger partial charge in [0.25, 0.3) is 5.91 Å². The molecule has 2 aliphatic rings. The summed E-state index contributed by atoms with van der Waals surface area (Å²) in [6.45, 7) is 7.97. The van der Waals surface area contributed by atoms with Gasteiger partial charge in [-0.3, -0.25) is 14.8 Å². The molecule has 3 rings (SSSR count). The summed E-state index contributed by atoms with van der Waals surface area (Å²) in [5, 5.41) is 7.10. The summed E-state index contributed by atoms with van der Waals surface area (Å²) in [7, 11) is 0. The molecule has 21 heavy (non-hydrogen) atoms. The normalized spacial score (nSPS) is 23.4. The highest BCUT2D eigenvalue weighted by Crippen LogP contribution is 2.25. The van der Waals surface area contributed by atoms with Crippen molar-refractivity contribution in [3.05, 3.63) is 11.4 Å². The average molecular weight is 291 g/mol. The van der Waals surface area contributed by atoms with Crippen molar-refractivity contribution < 1.29 is 4.79 Å². The number of amides is 1. The minimum absolute atomic E-state index is 0.0237. The first kappa shape index (κ1) is 14.4. The minimum atomic E-state index is -0.0237. The van der Waals surface area contributed by atoms with E-state index in [1.54, 1.807) is 0 Å². The third-order valence-electron chi connectivity index (χ3n) is 4.70. The standard InChI is InChI=1S/C15H25N5O/c1-10(2)13-12(16)14(18-17-13)15(21)20-8-4-7-19-6-3-5-11(19)9-20/h10-11H,3-9,16H2,1-2H3,(H,17,18). The molecule has 2 aliphatic heterocycles. The van der Waals surface area contributed by atoms with Gasteiger partial charge in [0.1, 0.15) is 0 Å². The van der Waals surface area contributed by atoms with Crippen LogP contribution in [0.5, 0.6) is 0 Å². The van der Waals surface area contributed by atoms with Gasteiger partial charge in [-0.2, -0.15) is 5.10 Å². The van der Waals surface area contributed by atoms with Crippen molar-refractivity contribution in [3.63, 3.8) is 0 Å². The molecule has 0 aliphatic carbocycles. The zero-order valence-corrected chi connectivity index (χ0v) is 12.9. The van der Waals surface area contributed by atoms with Crippen LogP contribution in [0, 0.1) is 0 Å². The van der Waals surface area contributed by atoms with Crippen molar-refractivity contribution in [2.45, 2.75) is 45.1 Å². The molecule has 0 saturated carbocycles. The van der Waals surface area contributed by atoms with Gasteiger partial charge in [-0.05, 0) is 31.7 Å². The second kappa shape index (κ2) is 5.67. The van der Waals surface area contributed by atoms with Gasteiger partial charge < -0.3 is 10.6 Å². The maximum atomic E-state index is 12.7. The van der Waals surface area contributed by atoms with Crippen molar-refractivity contribution >= 4 is 11.6 Å². The van der Waals surface area contributed by atoms with E-state index >= 15 is 0 Å². The predicted molar refractivity (Wildman–Crippen MR) is 82.2 cm³/mol. The van der Waals surface area contributed by atoms with E-state index in [9.17, 15) is 4.79 Å². The van der Waals surface area contributed by atoms with Gasteiger partial charge >= 0.3 is 0 Å². The second-order valence-corrected chi connectivity index (χ2v) is 6.49. The molecule has 0 bridgehead atoms. The smallest absolute Gasteiger partial charge is 0.276 e. The van der Waals surface area contributed by atoms with Crippen LogP contribution >= 0.6 is 0 Å². The number of H-pyrrole nitrogens is 1. The fourth-order valence-electron chi connectivity index (χ4n) is 3.51. The number of rotatable bonds is 2. The number of carbonyl (C=O) groups is 1. The van der Waals surface area contributed by atoms with E-state index in [0.29, 0.717) is 17.4 Å². The zero-order chi connectivity index (χ0) is 15.0. The lowest BCUT2D eigenvalue weighted by Crippen LogP contribution is -2.40. The first-order valence-electron chi connectivity index (χ1n) is 7.95. The summed E-state index contributed by atoms with van der Waals surface area (Å²) >= 11 is 0. The van der Waals surface area contributed by atoms with Gasteiger partial charge in [0.2, 0.25) is 0 Å². The number of hydrogen-bond donors (Lipinski definition) is 2. The van der Waals surface area contributed by atoms with Gasteiger partial charge in [-0.1, -0.05) is 13.8 Å². The molecule has 1 unspecified atom stereocenters.